The number of carbonyl (C=O) groups is 1. The fourth-order valence-corrected chi connectivity index (χ4v) is 3.42. The van der Waals surface area contributed by atoms with Gasteiger partial charge in [0.2, 0.25) is 0 Å². The molecule has 5 nitrogen and oxygen atoms in total. The Morgan fingerprint density at radius 3 is 2.92 bits per heavy atom. The van der Waals surface area contributed by atoms with E-state index in [1.807, 2.05) is 13.2 Å². The van der Waals surface area contributed by atoms with Gasteiger partial charge in [0, 0.05) is 29.7 Å². The first-order valence-corrected chi connectivity index (χ1v) is 8.07. The summed E-state index contributed by atoms with van der Waals surface area (Å²) in [6.07, 6.45) is 4.54. The van der Waals surface area contributed by atoms with Crippen molar-refractivity contribution in [2.75, 3.05) is 0 Å². The van der Waals surface area contributed by atoms with Gasteiger partial charge in [0.15, 0.2) is 5.82 Å². The number of aryl methyl sites for hydroxylation is 1. The molecule has 0 saturated heterocycles. The van der Waals surface area contributed by atoms with E-state index in [-0.39, 0.29) is 10.9 Å². The van der Waals surface area contributed by atoms with Gasteiger partial charge in [-0.1, -0.05) is 18.5 Å². The van der Waals surface area contributed by atoms with Crippen LogP contribution >= 0.6 is 11.6 Å². The van der Waals surface area contributed by atoms with Gasteiger partial charge in [-0.05, 0) is 30.5 Å². The highest BCUT2D eigenvalue weighted by molar-refractivity contribution is 6.31. The van der Waals surface area contributed by atoms with Crippen LogP contribution in [-0.2, 0) is 12.6 Å². The van der Waals surface area contributed by atoms with Crippen LogP contribution in [0, 0.1) is 11.7 Å². The smallest absolute Gasteiger partial charge is 0.268 e. The minimum atomic E-state index is -0.522. The lowest BCUT2D eigenvalue weighted by Gasteiger charge is -2.16. The third-order valence-electron chi connectivity index (χ3n) is 4.80. The van der Waals surface area contributed by atoms with Crippen LogP contribution in [-0.4, -0.2) is 20.7 Å². The van der Waals surface area contributed by atoms with E-state index in [4.69, 9.17) is 11.6 Å². The maximum atomic E-state index is 14.1. The quantitative estimate of drug-likeness (QED) is 0.764. The molecule has 1 saturated carbocycles. The first-order valence-electron chi connectivity index (χ1n) is 7.69. The van der Waals surface area contributed by atoms with Crippen molar-refractivity contribution in [2.24, 2.45) is 13.0 Å². The summed E-state index contributed by atoms with van der Waals surface area (Å²) in [5.74, 6) is -0.470. The van der Waals surface area contributed by atoms with Crippen LogP contribution in [0.1, 0.15) is 29.4 Å². The Kier molecular flexibility index (Phi) is 3.22. The van der Waals surface area contributed by atoms with Gasteiger partial charge in [0.25, 0.3) is 5.91 Å². The van der Waals surface area contributed by atoms with E-state index in [9.17, 15) is 9.18 Å². The molecule has 0 bridgehead atoms. The van der Waals surface area contributed by atoms with Crippen LogP contribution in [0.15, 0.2) is 30.6 Å². The molecule has 0 spiro atoms. The third-order valence-corrected chi connectivity index (χ3v) is 5.09. The number of halogens is 2. The molecular formula is C17H16ClFN4O. The second-order valence-corrected chi connectivity index (χ2v) is 6.85. The minimum absolute atomic E-state index is 0.0381. The summed E-state index contributed by atoms with van der Waals surface area (Å²) >= 11 is 5.80. The Bertz CT molecular complexity index is 963. The molecule has 1 aliphatic carbocycles. The van der Waals surface area contributed by atoms with E-state index in [0.29, 0.717) is 22.5 Å². The first-order chi connectivity index (χ1) is 11.4. The number of aromatic nitrogens is 3. The molecule has 7 heteroatoms. The molecule has 1 aliphatic rings. The van der Waals surface area contributed by atoms with E-state index < -0.39 is 11.4 Å². The van der Waals surface area contributed by atoms with Crippen LogP contribution < -0.4 is 5.32 Å². The maximum Gasteiger partial charge on any atom is 0.268 e. The van der Waals surface area contributed by atoms with Crippen molar-refractivity contribution in [3.05, 3.63) is 52.7 Å². The predicted molar refractivity (Wildman–Crippen MR) is 89.4 cm³/mol. The topological polar surface area (TPSA) is 62.7 Å². The summed E-state index contributed by atoms with van der Waals surface area (Å²) in [6.45, 7) is 2.08. The average molecular weight is 347 g/mol. The molecule has 2 heterocycles. The zero-order valence-corrected chi connectivity index (χ0v) is 14.0. The molecule has 2 atom stereocenters. The Labute approximate surface area is 142 Å². The standard InChI is InChI=1S/C17H16ClFN4O/c1-9-6-17(9,10-7-20-23(2)8-10)22-16(24)14-5-11-13(21-14)4-3-12(18)15(11)19/h3-5,7-9,21H,6H2,1-2H3,(H,22,24)/t9-,17-/m0/s1. The zero-order valence-electron chi connectivity index (χ0n) is 13.2. The molecule has 124 valence electrons. The number of nitrogens with one attached hydrogen (secondary N) is 2. The summed E-state index contributed by atoms with van der Waals surface area (Å²) in [6, 6.07) is 4.63. The van der Waals surface area contributed by atoms with Crippen molar-refractivity contribution in [1.29, 1.82) is 0 Å². The molecule has 0 radical (unpaired) electrons. The SMILES string of the molecule is C[C@H]1C[C@@]1(NC(=O)c1cc2c(F)c(Cl)ccc2[nH]1)c1cnn(C)c1. The molecule has 24 heavy (non-hydrogen) atoms. The number of aromatic amines is 1. The van der Waals surface area contributed by atoms with Gasteiger partial charge in [-0.2, -0.15) is 5.10 Å². The van der Waals surface area contributed by atoms with Crippen LogP contribution in [0.3, 0.4) is 0 Å². The highest BCUT2D eigenvalue weighted by atomic mass is 35.5. The number of benzene rings is 1. The fraction of sp³-hybridized carbons (Fsp3) is 0.294. The lowest BCUT2D eigenvalue weighted by molar-refractivity contribution is 0.0923. The second kappa shape index (κ2) is 5.08. The van der Waals surface area contributed by atoms with E-state index in [1.165, 1.54) is 12.1 Å². The van der Waals surface area contributed by atoms with Gasteiger partial charge in [0.05, 0.1) is 16.8 Å². The Morgan fingerprint density at radius 1 is 1.54 bits per heavy atom. The Balaban J connectivity index is 1.66. The third kappa shape index (κ3) is 2.21. The summed E-state index contributed by atoms with van der Waals surface area (Å²) in [5, 5.41) is 7.62. The minimum Gasteiger partial charge on any atom is -0.350 e. The number of amides is 1. The number of fused-ring (bicyclic) bond motifs is 1. The maximum absolute atomic E-state index is 14.1. The monoisotopic (exact) mass is 346 g/mol. The number of H-pyrrole nitrogens is 1. The van der Waals surface area contributed by atoms with Crippen molar-refractivity contribution < 1.29 is 9.18 Å². The van der Waals surface area contributed by atoms with Crippen molar-refractivity contribution in [1.82, 2.24) is 20.1 Å². The van der Waals surface area contributed by atoms with Gasteiger partial charge in [-0.3, -0.25) is 9.48 Å². The van der Waals surface area contributed by atoms with E-state index in [1.54, 1.807) is 16.9 Å². The van der Waals surface area contributed by atoms with Crippen molar-refractivity contribution in [3.8, 4) is 0 Å². The molecule has 1 fully saturated rings. The highest BCUT2D eigenvalue weighted by Gasteiger charge is 2.54. The van der Waals surface area contributed by atoms with Gasteiger partial charge >= 0.3 is 0 Å². The van der Waals surface area contributed by atoms with Crippen molar-refractivity contribution in [2.45, 2.75) is 18.9 Å². The number of nitrogens with zero attached hydrogens (tertiary/aromatic N) is 2. The van der Waals surface area contributed by atoms with Crippen LogP contribution in [0.4, 0.5) is 4.39 Å². The lowest BCUT2D eigenvalue weighted by atomic mass is 10.1. The summed E-state index contributed by atoms with van der Waals surface area (Å²) in [7, 11) is 1.84. The molecule has 2 aromatic heterocycles. The van der Waals surface area contributed by atoms with Gasteiger partial charge in [-0.15, -0.1) is 0 Å². The highest BCUT2D eigenvalue weighted by Crippen LogP contribution is 2.51. The number of hydrogen-bond acceptors (Lipinski definition) is 2. The molecular weight excluding hydrogens is 331 g/mol. The van der Waals surface area contributed by atoms with Gasteiger partial charge in [-0.25, -0.2) is 4.39 Å². The predicted octanol–water partition coefficient (Wildman–Crippen LogP) is 3.36. The molecule has 2 N–H and O–H groups in total. The van der Waals surface area contributed by atoms with Crippen molar-refractivity contribution >= 4 is 28.4 Å². The van der Waals surface area contributed by atoms with Crippen LogP contribution in [0.25, 0.3) is 10.9 Å². The van der Waals surface area contributed by atoms with E-state index in [2.05, 4.69) is 22.3 Å². The van der Waals surface area contributed by atoms with Gasteiger partial charge < -0.3 is 10.3 Å². The lowest BCUT2D eigenvalue weighted by Crippen LogP contribution is -2.36. The van der Waals surface area contributed by atoms with Crippen LogP contribution in [0.2, 0.25) is 5.02 Å². The molecule has 0 aliphatic heterocycles. The number of carbonyl (C=O) groups excluding carboxylic acids is 1. The largest absolute Gasteiger partial charge is 0.350 e. The summed E-state index contributed by atoms with van der Waals surface area (Å²) < 4.78 is 15.8. The average Bonchev–Trinajstić information content (AvgIpc) is 2.95. The van der Waals surface area contributed by atoms with E-state index in [0.717, 1.165) is 12.0 Å². The molecule has 0 unspecified atom stereocenters. The van der Waals surface area contributed by atoms with Crippen molar-refractivity contribution in [3.63, 3.8) is 0 Å². The van der Waals surface area contributed by atoms with Crippen LogP contribution in [0.5, 0.6) is 0 Å². The molecule has 3 aromatic rings. The van der Waals surface area contributed by atoms with E-state index >= 15 is 0 Å². The number of hydrogen-bond donors (Lipinski definition) is 2. The Hall–Kier alpha value is -2.34. The Morgan fingerprint density at radius 2 is 2.29 bits per heavy atom. The molecule has 1 amide bonds. The normalized spacial score (nSPS) is 22.8. The fourth-order valence-electron chi connectivity index (χ4n) is 3.26. The molecule has 1 aromatic carbocycles. The molecule has 4 rings (SSSR count). The summed E-state index contributed by atoms with van der Waals surface area (Å²) in [5.41, 5.74) is 1.43. The first kappa shape index (κ1) is 15.2. The zero-order chi connectivity index (χ0) is 17.1. The summed E-state index contributed by atoms with van der Waals surface area (Å²) in [4.78, 5) is 15.6. The second-order valence-electron chi connectivity index (χ2n) is 6.44. The number of rotatable bonds is 3. The van der Waals surface area contributed by atoms with Gasteiger partial charge in [0.1, 0.15) is 5.69 Å².